The van der Waals surface area contributed by atoms with Gasteiger partial charge in [-0.2, -0.15) is 13.5 Å². The average molecular weight is 400 g/mol. The van der Waals surface area contributed by atoms with Crippen LogP contribution in [0.2, 0.25) is 0 Å². The Morgan fingerprint density at radius 2 is 1.86 bits per heavy atom. The zero-order valence-corrected chi connectivity index (χ0v) is 15.5. The van der Waals surface area contributed by atoms with Crippen molar-refractivity contribution < 1.29 is 27.1 Å². The number of hydrogen-bond acceptors (Lipinski definition) is 7. The van der Waals surface area contributed by atoms with Gasteiger partial charge in [-0.25, -0.2) is 9.63 Å². The van der Waals surface area contributed by atoms with Gasteiger partial charge in [-0.15, -0.1) is 0 Å². The minimum atomic E-state index is -3.75. The van der Waals surface area contributed by atoms with Crippen molar-refractivity contribution in [1.29, 1.82) is 0 Å². The molecule has 0 saturated heterocycles. The molecule has 0 aliphatic heterocycles. The van der Waals surface area contributed by atoms with E-state index in [1.54, 1.807) is 36.4 Å². The molecule has 1 N–H and O–H groups in total. The number of hydrazone groups is 1. The van der Waals surface area contributed by atoms with Crippen molar-refractivity contribution in [2.75, 3.05) is 7.11 Å². The highest BCUT2D eigenvalue weighted by Gasteiger charge is 2.15. The van der Waals surface area contributed by atoms with Gasteiger partial charge in [0.2, 0.25) is 5.76 Å². The normalized spacial score (nSPS) is 11.3. The molecule has 0 unspecified atom stereocenters. The number of rotatable bonds is 7. The first-order chi connectivity index (χ1) is 13.5. The second-order valence-electron chi connectivity index (χ2n) is 5.44. The van der Waals surface area contributed by atoms with E-state index in [4.69, 9.17) is 13.9 Å². The van der Waals surface area contributed by atoms with Crippen molar-refractivity contribution in [3.63, 3.8) is 0 Å². The van der Waals surface area contributed by atoms with Crippen LogP contribution >= 0.6 is 0 Å². The third-order valence-corrected chi connectivity index (χ3v) is 4.79. The number of esters is 1. The number of hydrogen-bond donors (Lipinski definition) is 1. The molecule has 0 radical (unpaired) electrons. The predicted octanol–water partition coefficient (Wildman–Crippen LogP) is 2.82. The van der Waals surface area contributed by atoms with Gasteiger partial charge in [0.05, 0.1) is 24.5 Å². The number of nitrogens with one attached hydrogen (secondary N) is 1. The molecule has 3 rings (SSSR count). The molecule has 0 bridgehead atoms. The van der Waals surface area contributed by atoms with Gasteiger partial charge in [0.25, 0.3) is 10.0 Å². The molecule has 1 aromatic heterocycles. The van der Waals surface area contributed by atoms with Gasteiger partial charge in [-0.3, -0.25) is 0 Å². The Morgan fingerprint density at radius 3 is 2.54 bits per heavy atom. The first-order valence-electron chi connectivity index (χ1n) is 8.03. The number of furan rings is 1. The van der Waals surface area contributed by atoms with Crippen LogP contribution in [0.5, 0.6) is 11.5 Å². The summed E-state index contributed by atoms with van der Waals surface area (Å²) < 4.78 is 39.7. The Kier molecular flexibility index (Phi) is 5.75. The summed E-state index contributed by atoms with van der Waals surface area (Å²) in [5.41, 5.74) is 0.533. The maximum Gasteiger partial charge on any atom is 0.379 e. The van der Waals surface area contributed by atoms with Gasteiger partial charge >= 0.3 is 5.97 Å². The lowest BCUT2D eigenvalue weighted by Crippen LogP contribution is -2.18. The summed E-state index contributed by atoms with van der Waals surface area (Å²) in [7, 11) is -2.34. The summed E-state index contributed by atoms with van der Waals surface area (Å²) in [6.45, 7) is 0. The maximum atomic E-state index is 12.1. The Bertz CT molecular complexity index is 1080. The minimum absolute atomic E-state index is 0.0583. The maximum absolute atomic E-state index is 12.1. The Hall–Kier alpha value is -3.59. The van der Waals surface area contributed by atoms with Crippen LogP contribution in [0.1, 0.15) is 16.1 Å². The van der Waals surface area contributed by atoms with Crippen molar-refractivity contribution in [3.8, 4) is 11.5 Å². The third kappa shape index (κ3) is 4.57. The van der Waals surface area contributed by atoms with E-state index in [1.165, 1.54) is 43.9 Å². The van der Waals surface area contributed by atoms with E-state index >= 15 is 0 Å². The molecule has 2 aromatic carbocycles. The SMILES string of the molecule is COc1cc(/C=N\NS(=O)(=O)c2ccccc2)ccc1OC(=O)c1ccco1. The third-order valence-electron chi connectivity index (χ3n) is 3.55. The Balaban J connectivity index is 1.71. The van der Waals surface area contributed by atoms with E-state index < -0.39 is 16.0 Å². The molecule has 28 heavy (non-hydrogen) atoms. The van der Waals surface area contributed by atoms with Crippen molar-refractivity contribution >= 4 is 22.2 Å². The summed E-state index contributed by atoms with van der Waals surface area (Å²) in [6.07, 6.45) is 2.67. The van der Waals surface area contributed by atoms with Crippen LogP contribution in [0.4, 0.5) is 0 Å². The molecular weight excluding hydrogens is 384 g/mol. The lowest BCUT2D eigenvalue weighted by atomic mass is 10.2. The second-order valence-corrected chi connectivity index (χ2v) is 7.10. The fourth-order valence-electron chi connectivity index (χ4n) is 2.22. The highest BCUT2D eigenvalue weighted by molar-refractivity contribution is 7.89. The molecule has 0 atom stereocenters. The van der Waals surface area contributed by atoms with Crippen LogP contribution in [0, 0.1) is 0 Å². The highest BCUT2D eigenvalue weighted by atomic mass is 32.2. The molecule has 1 heterocycles. The molecule has 0 aliphatic carbocycles. The van der Waals surface area contributed by atoms with Crippen LogP contribution in [0.25, 0.3) is 0 Å². The average Bonchev–Trinajstić information content (AvgIpc) is 3.24. The summed E-state index contributed by atoms with van der Waals surface area (Å²) in [5, 5.41) is 3.76. The van der Waals surface area contributed by atoms with E-state index in [9.17, 15) is 13.2 Å². The summed E-state index contributed by atoms with van der Waals surface area (Å²) in [5.74, 6) is -0.149. The standard InChI is InChI=1S/C19H16N2O6S/c1-25-18-12-14(9-10-16(18)27-19(22)17-8-5-11-26-17)13-20-21-28(23,24)15-6-3-2-4-7-15/h2-13,21H,1H3/b20-13-. The monoisotopic (exact) mass is 400 g/mol. The van der Waals surface area contributed by atoms with E-state index in [-0.39, 0.29) is 22.2 Å². The van der Waals surface area contributed by atoms with Crippen molar-refractivity contribution in [2.24, 2.45) is 5.10 Å². The molecular formula is C19H16N2O6S. The Morgan fingerprint density at radius 1 is 1.07 bits per heavy atom. The molecule has 0 saturated carbocycles. The topological polar surface area (TPSA) is 107 Å². The molecule has 9 heteroatoms. The number of sulfonamides is 1. The van der Waals surface area contributed by atoms with Gasteiger partial charge < -0.3 is 13.9 Å². The minimum Gasteiger partial charge on any atom is -0.493 e. The molecule has 144 valence electrons. The van der Waals surface area contributed by atoms with Crippen molar-refractivity contribution in [3.05, 3.63) is 78.3 Å². The first-order valence-corrected chi connectivity index (χ1v) is 9.51. The predicted molar refractivity (Wildman–Crippen MR) is 101 cm³/mol. The number of ether oxygens (including phenoxy) is 2. The molecule has 0 aliphatic rings. The summed E-state index contributed by atoms with van der Waals surface area (Å²) in [6, 6.07) is 15.6. The number of carbonyl (C=O) groups is 1. The number of benzene rings is 2. The lowest BCUT2D eigenvalue weighted by molar-refractivity contribution is 0.0696. The quantitative estimate of drug-likeness (QED) is 0.283. The molecule has 8 nitrogen and oxygen atoms in total. The van der Waals surface area contributed by atoms with Crippen molar-refractivity contribution in [1.82, 2.24) is 4.83 Å². The van der Waals surface area contributed by atoms with E-state index in [0.717, 1.165) is 0 Å². The smallest absolute Gasteiger partial charge is 0.379 e. The van der Waals surface area contributed by atoms with Crippen LogP contribution in [0.15, 0.2) is 81.3 Å². The second kappa shape index (κ2) is 8.40. The van der Waals surface area contributed by atoms with E-state index in [0.29, 0.717) is 5.56 Å². The lowest BCUT2D eigenvalue weighted by Gasteiger charge is -2.09. The van der Waals surface area contributed by atoms with E-state index in [2.05, 4.69) is 9.93 Å². The molecule has 0 amide bonds. The van der Waals surface area contributed by atoms with Crippen LogP contribution in [0.3, 0.4) is 0 Å². The van der Waals surface area contributed by atoms with Gasteiger partial charge in [-0.1, -0.05) is 18.2 Å². The van der Waals surface area contributed by atoms with Crippen LogP contribution in [-0.4, -0.2) is 27.7 Å². The highest BCUT2D eigenvalue weighted by Crippen LogP contribution is 2.28. The number of nitrogens with zero attached hydrogens (tertiary/aromatic N) is 1. The fourth-order valence-corrected chi connectivity index (χ4v) is 3.03. The number of methoxy groups -OCH3 is 1. The van der Waals surface area contributed by atoms with Crippen LogP contribution in [-0.2, 0) is 10.0 Å². The number of carbonyl (C=O) groups excluding carboxylic acids is 1. The van der Waals surface area contributed by atoms with Gasteiger partial charge in [0.15, 0.2) is 11.5 Å². The zero-order valence-electron chi connectivity index (χ0n) is 14.7. The van der Waals surface area contributed by atoms with Crippen LogP contribution < -0.4 is 14.3 Å². The van der Waals surface area contributed by atoms with Gasteiger partial charge in [-0.05, 0) is 48.0 Å². The zero-order chi connectivity index (χ0) is 20.0. The molecule has 3 aromatic rings. The largest absolute Gasteiger partial charge is 0.493 e. The van der Waals surface area contributed by atoms with E-state index in [1.807, 2.05) is 0 Å². The summed E-state index contributed by atoms with van der Waals surface area (Å²) >= 11 is 0. The molecule has 0 fully saturated rings. The van der Waals surface area contributed by atoms with Gasteiger partial charge in [0.1, 0.15) is 0 Å². The molecule has 0 spiro atoms. The van der Waals surface area contributed by atoms with Crippen molar-refractivity contribution in [2.45, 2.75) is 4.90 Å². The summed E-state index contributed by atoms with van der Waals surface area (Å²) in [4.78, 5) is 14.2. The fraction of sp³-hybridized carbons (Fsp3) is 0.0526. The van der Waals surface area contributed by atoms with Gasteiger partial charge in [0, 0.05) is 0 Å². The first kappa shape index (κ1) is 19.2. The Labute approximate surface area is 161 Å².